The van der Waals surface area contributed by atoms with Crippen LogP contribution in [0.3, 0.4) is 0 Å². The topological polar surface area (TPSA) is 71.0 Å². The fraction of sp³-hybridized carbons (Fsp3) is 0.321. The van der Waals surface area contributed by atoms with Gasteiger partial charge < -0.3 is 19.5 Å². The molecule has 0 radical (unpaired) electrons. The number of aliphatic hydroxyl groups is 1. The van der Waals surface area contributed by atoms with Crippen LogP contribution in [0.4, 0.5) is 10.5 Å². The normalized spacial score (nSPS) is 15.4. The van der Waals surface area contributed by atoms with Crippen molar-refractivity contribution < 1.29 is 19.4 Å². The van der Waals surface area contributed by atoms with Crippen LogP contribution in [0.25, 0.3) is 0 Å². The van der Waals surface area contributed by atoms with Crippen molar-refractivity contribution in [3.05, 3.63) is 90.5 Å². The number of piperidine rings is 1. The minimum atomic E-state index is -0.601. The van der Waals surface area contributed by atoms with Gasteiger partial charge in [0.15, 0.2) is 0 Å². The van der Waals surface area contributed by atoms with E-state index < -0.39 is 11.7 Å². The molecule has 6 nitrogen and oxygen atoms in total. The maximum atomic E-state index is 12.0. The molecule has 1 amide bonds. The van der Waals surface area contributed by atoms with E-state index in [0.29, 0.717) is 18.0 Å². The molecule has 1 saturated heterocycles. The first-order chi connectivity index (χ1) is 16.6. The van der Waals surface area contributed by atoms with Crippen LogP contribution < -0.4 is 14.8 Å². The number of anilines is 1. The standard InChI is InChI=1S/C28H32N2O4/c31-27(29-24-10-5-2-6-11-24)34-26-14-12-25(13-15-26)33-21-7-18-30-19-16-28(32,17-20-30)22-23-8-3-1-4-9-23/h1-6,8-15,32H,7,16-22H2,(H,29,31). The van der Waals surface area contributed by atoms with Crippen molar-refractivity contribution in [1.29, 1.82) is 0 Å². The molecule has 34 heavy (non-hydrogen) atoms. The molecule has 178 valence electrons. The summed E-state index contributed by atoms with van der Waals surface area (Å²) >= 11 is 0. The second-order valence-electron chi connectivity index (χ2n) is 8.78. The number of rotatable bonds is 9. The van der Waals surface area contributed by atoms with E-state index in [4.69, 9.17) is 9.47 Å². The predicted octanol–water partition coefficient (Wildman–Crippen LogP) is 5.14. The van der Waals surface area contributed by atoms with Crippen LogP contribution in [0.5, 0.6) is 11.5 Å². The lowest BCUT2D eigenvalue weighted by Crippen LogP contribution is -2.46. The van der Waals surface area contributed by atoms with Crippen molar-refractivity contribution in [3.63, 3.8) is 0 Å². The van der Waals surface area contributed by atoms with E-state index in [0.717, 1.165) is 51.1 Å². The van der Waals surface area contributed by atoms with Gasteiger partial charge in [0.05, 0.1) is 12.2 Å². The molecule has 4 rings (SSSR count). The highest BCUT2D eigenvalue weighted by molar-refractivity contribution is 5.86. The van der Waals surface area contributed by atoms with Gasteiger partial charge in [-0.2, -0.15) is 0 Å². The monoisotopic (exact) mass is 460 g/mol. The number of ether oxygens (including phenoxy) is 2. The summed E-state index contributed by atoms with van der Waals surface area (Å²) in [6.07, 6.45) is 2.69. The Bertz CT molecular complexity index is 1020. The van der Waals surface area contributed by atoms with Crippen LogP contribution in [0.2, 0.25) is 0 Å². The molecular formula is C28H32N2O4. The Morgan fingerprint density at radius 3 is 2.18 bits per heavy atom. The number of benzene rings is 3. The van der Waals surface area contributed by atoms with Crippen LogP contribution in [-0.2, 0) is 6.42 Å². The van der Waals surface area contributed by atoms with Crippen molar-refractivity contribution in [3.8, 4) is 11.5 Å². The largest absolute Gasteiger partial charge is 0.494 e. The number of para-hydroxylation sites is 1. The minimum Gasteiger partial charge on any atom is -0.494 e. The Labute approximate surface area is 201 Å². The van der Waals surface area contributed by atoms with Gasteiger partial charge in [0.25, 0.3) is 0 Å². The molecule has 0 aromatic heterocycles. The zero-order chi connectivity index (χ0) is 23.6. The Balaban J connectivity index is 1.12. The predicted molar refractivity (Wildman–Crippen MR) is 133 cm³/mol. The molecule has 1 aliphatic heterocycles. The van der Waals surface area contributed by atoms with E-state index in [-0.39, 0.29) is 0 Å². The number of hydrogen-bond donors (Lipinski definition) is 2. The molecule has 0 unspecified atom stereocenters. The average Bonchev–Trinajstić information content (AvgIpc) is 2.85. The third-order valence-corrected chi connectivity index (χ3v) is 6.10. The van der Waals surface area contributed by atoms with E-state index in [1.165, 1.54) is 5.56 Å². The number of likely N-dealkylation sites (tertiary alicyclic amines) is 1. The van der Waals surface area contributed by atoms with Crippen molar-refractivity contribution >= 4 is 11.8 Å². The van der Waals surface area contributed by atoms with Crippen molar-refractivity contribution in [1.82, 2.24) is 4.90 Å². The molecule has 0 atom stereocenters. The van der Waals surface area contributed by atoms with E-state index >= 15 is 0 Å². The van der Waals surface area contributed by atoms with Gasteiger partial charge >= 0.3 is 6.09 Å². The molecule has 2 N–H and O–H groups in total. The molecule has 1 aliphatic rings. The molecule has 0 bridgehead atoms. The SMILES string of the molecule is O=C(Nc1ccccc1)Oc1ccc(OCCCN2CCC(O)(Cc3ccccc3)CC2)cc1. The molecule has 6 heteroatoms. The maximum Gasteiger partial charge on any atom is 0.417 e. The van der Waals surface area contributed by atoms with Gasteiger partial charge in [-0.3, -0.25) is 5.32 Å². The molecule has 3 aromatic rings. The summed E-state index contributed by atoms with van der Waals surface area (Å²) in [6.45, 7) is 3.36. The van der Waals surface area contributed by atoms with Gasteiger partial charge in [-0.25, -0.2) is 4.79 Å². The molecule has 1 fully saturated rings. The van der Waals surface area contributed by atoms with Gasteiger partial charge in [0.2, 0.25) is 0 Å². The first-order valence-corrected chi connectivity index (χ1v) is 11.8. The average molecular weight is 461 g/mol. The van der Waals surface area contributed by atoms with Gasteiger partial charge in [0, 0.05) is 31.7 Å². The smallest absolute Gasteiger partial charge is 0.417 e. The Hall–Kier alpha value is -3.35. The van der Waals surface area contributed by atoms with Crippen LogP contribution in [0.1, 0.15) is 24.8 Å². The molecule has 0 aliphatic carbocycles. The van der Waals surface area contributed by atoms with Crippen LogP contribution >= 0.6 is 0 Å². The molecular weight excluding hydrogens is 428 g/mol. The number of carbonyl (C=O) groups is 1. The number of nitrogens with one attached hydrogen (secondary N) is 1. The summed E-state index contributed by atoms with van der Waals surface area (Å²) < 4.78 is 11.1. The highest BCUT2D eigenvalue weighted by atomic mass is 16.6. The number of amides is 1. The quantitative estimate of drug-likeness (QED) is 0.433. The summed E-state index contributed by atoms with van der Waals surface area (Å²) in [5, 5.41) is 13.6. The van der Waals surface area contributed by atoms with Gasteiger partial charge in [-0.05, 0) is 61.2 Å². The first kappa shape index (κ1) is 23.8. The summed E-state index contributed by atoms with van der Waals surface area (Å²) in [6, 6.07) is 26.4. The minimum absolute atomic E-state index is 0.456. The van der Waals surface area contributed by atoms with Crippen molar-refractivity contribution in [2.75, 3.05) is 31.6 Å². The summed E-state index contributed by atoms with van der Waals surface area (Å²) in [7, 11) is 0. The highest BCUT2D eigenvalue weighted by Gasteiger charge is 2.32. The van der Waals surface area contributed by atoms with E-state index in [1.807, 2.05) is 36.4 Å². The fourth-order valence-electron chi connectivity index (χ4n) is 4.20. The van der Waals surface area contributed by atoms with Crippen LogP contribution in [-0.4, -0.2) is 47.9 Å². The first-order valence-electron chi connectivity index (χ1n) is 11.8. The fourth-order valence-corrected chi connectivity index (χ4v) is 4.20. The summed E-state index contributed by atoms with van der Waals surface area (Å²) in [4.78, 5) is 14.4. The zero-order valence-electron chi connectivity index (χ0n) is 19.4. The number of carbonyl (C=O) groups excluding carboxylic acids is 1. The second kappa shape index (κ2) is 11.7. The molecule has 0 saturated carbocycles. The Morgan fingerprint density at radius 2 is 1.50 bits per heavy atom. The zero-order valence-corrected chi connectivity index (χ0v) is 19.4. The second-order valence-corrected chi connectivity index (χ2v) is 8.78. The third-order valence-electron chi connectivity index (χ3n) is 6.10. The third kappa shape index (κ3) is 7.33. The number of nitrogens with zero attached hydrogens (tertiary/aromatic N) is 1. The summed E-state index contributed by atoms with van der Waals surface area (Å²) in [5.74, 6) is 1.20. The van der Waals surface area contributed by atoms with E-state index in [9.17, 15) is 9.90 Å². The van der Waals surface area contributed by atoms with Crippen molar-refractivity contribution in [2.45, 2.75) is 31.3 Å². The Kier molecular flexibility index (Phi) is 8.17. The van der Waals surface area contributed by atoms with E-state index in [1.54, 1.807) is 36.4 Å². The molecule has 0 spiro atoms. The molecule has 3 aromatic carbocycles. The Morgan fingerprint density at radius 1 is 0.882 bits per heavy atom. The highest BCUT2D eigenvalue weighted by Crippen LogP contribution is 2.26. The van der Waals surface area contributed by atoms with Gasteiger partial charge in [-0.15, -0.1) is 0 Å². The van der Waals surface area contributed by atoms with Crippen LogP contribution in [0.15, 0.2) is 84.9 Å². The maximum absolute atomic E-state index is 12.0. The van der Waals surface area contributed by atoms with Gasteiger partial charge in [-0.1, -0.05) is 48.5 Å². The van der Waals surface area contributed by atoms with Crippen LogP contribution in [0, 0.1) is 0 Å². The molecule has 1 heterocycles. The van der Waals surface area contributed by atoms with Gasteiger partial charge in [0.1, 0.15) is 11.5 Å². The summed E-state index contributed by atoms with van der Waals surface area (Å²) in [5.41, 5.74) is 1.28. The lowest BCUT2D eigenvalue weighted by molar-refractivity contribution is -0.0212. The lowest BCUT2D eigenvalue weighted by atomic mass is 9.85. The van der Waals surface area contributed by atoms with Crippen molar-refractivity contribution in [2.24, 2.45) is 0 Å². The number of hydrogen-bond acceptors (Lipinski definition) is 5. The van der Waals surface area contributed by atoms with E-state index in [2.05, 4.69) is 22.3 Å². The lowest BCUT2D eigenvalue weighted by Gasteiger charge is -2.38.